The second kappa shape index (κ2) is 8.39. The van der Waals surface area contributed by atoms with Crippen molar-refractivity contribution in [2.45, 2.75) is 33.7 Å². The SMILES string of the molecule is CCN(CC)C(=O)CN(C)C(=O)N[C@@H](C(=O)O)C(C)C. The number of hydrogen-bond donors (Lipinski definition) is 2. The standard InChI is InChI=1S/C13H25N3O4/c1-6-16(7-2)10(17)8-15(5)13(20)14-11(9(3)4)12(18)19/h9,11H,6-8H2,1-5H3,(H,14,20)(H,18,19)/t11-/m1/s1. The normalized spacial score (nSPS) is 11.9. The number of carboxylic acid groups (broad SMARTS) is 1. The minimum absolute atomic E-state index is 0.0715. The van der Waals surface area contributed by atoms with E-state index >= 15 is 0 Å². The van der Waals surface area contributed by atoms with Crippen LogP contribution in [-0.4, -0.2) is 65.5 Å². The number of nitrogens with zero attached hydrogens (tertiary/aromatic N) is 2. The highest BCUT2D eigenvalue weighted by Gasteiger charge is 2.25. The van der Waals surface area contributed by atoms with Gasteiger partial charge in [0.15, 0.2) is 0 Å². The number of amides is 3. The van der Waals surface area contributed by atoms with E-state index in [4.69, 9.17) is 5.11 Å². The molecule has 2 N–H and O–H groups in total. The summed E-state index contributed by atoms with van der Waals surface area (Å²) in [4.78, 5) is 37.6. The molecule has 0 bridgehead atoms. The van der Waals surface area contributed by atoms with Crippen LogP contribution >= 0.6 is 0 Å². The van der Waals surface area contributed by atoms with Crippen LogP contribution < -0.4 is 5.32 Å². The van der Waals surface area contributed by atoms with Crippen molar-refractivity contribution in [3.63, 3.8) is 0 Å². The molecule has 0 fully saturated rings. The van der Waals surface area contributed by atoms with Crippen LogP contribution in [-0.2, 0) is 9.59 Å². The third kappa shape index (κ3) is 5.46. The Hall–Kier alpha value is -1.79. The van der Waals surface area contributed by atoms with E-state index in [1.807, 2.05) is 13.8 Å². The third-order valence-corrected chi connectivity index (χ3v) is 3.05. The van der Waals surface area contributed by atoms with Crippen molar-refractivity contribution in [2.75, 3.05) is 26.7 Å². The van der Waals surface area contributed by atoms with Crippen LogP contribution in [0.5, 0.6) is 0 Å². The van der Waals surface area contributed by atoms with Crippen molar-refractivity contribution < 1.29 is 19.5 Å². The molecule has 0 aromatic carbocycles. The molecule has 7 heteroatoms. The summed E-state index contributed by atoms with van der Waals surface area (Å²) in [6.45, 7) is 8.22. The zero-order valence-electron chi connectivity index (χ0n) is 12.8. The Labute approximate surface area is 119 Å². The number of hydrogen-bond acceptors (Lipinski definition) is 3. The fourth-order valence-corrected chi connectivity index (χ4v) is 1.71. The molecule has 0 saturated heterocycles. The molecule has 0 aliphatic carbocycles. The fourth-order valence-electron chi connectivity index (χ4n) is 1.71. The topological polar surface area (TPSA) is 90.0 Å². The summed E-state index contributed by atoms with van der Waals surface area (Å²) in [5.41, 5.74) is 0. The Morgan fingerprint density at radius 2 is 1.65 bits per heavy atom. The van der Waals surface area contributed by atoms with Gasteiger partial charge in [-0.3, -0.25) is 4.79 Å². The molecule has 0 heterocycles. The summed E-state index contributed by atoms with van der Waals surface area (Å²) >= 11 is 0. The van der Waals surface area contributed by atoms with Gasteiger partial charge < -0.3 is 20.2 Å². The maximum atomic E-state index is 11.9. The molecule has 0 saturated carbocycles. The van der Waals surface area contributed by atoms with Gasteiger partial charge in [-0.2, -0.15) is 0 Å². The highest BCUT2D eigenvalue weighted by atomic mass is 16.4. The minimum Gasteiger partial charge on any atom is -0.480 e. The van der Waals surface area contributed by atoms with Crippen LogP contribution in [0, 0.1) is 5.92 Å². The minimum atomic E-state index is -1.09. The first kappa shape index (κ1) is 18.2. The van der Waals surface area contributed by atoms with E-state index in [2.05, 4.69) is 5.32 Å². The Bertz CT molecular complexity index is 354. The predicted molar refractivity (Wildman–Crippen MR) is 75.4 cm³/mol. The molecule has 20 heavy (non-hydrogen) atoms. The van der Waals surface area contributed by atoms with Crippen LogP contribution in [0.3, 0.4) is 0 Å². The monoisotopic (exact) mass is 287 g/mol. The molecule has 0 aromatic heterocycles. The van der Waals surface area contributed by atoms with Crippen molar-refractivity contribution in [3.05, 3.63) is 0 Å². The lowest BCUT2D eigenvalue weighted by molar-refractivity contribution is -0.140. The van der Waals surface area contributed by atoms with Gasteiger partial charge in [-0.05, 0) is 19.8 Å². The van der Waals surface area contributed by atoms with Gasteiger partial charge in [-0.1, -0.05) is 13.8 Å². The average molecular weight is 287 g/mol. The summed E-state index contributed by atoms with van der Waals surface area (Å²) in [6, 6.07) is -1.53. The molecule has 0 aromatic rings. The molecular weight excluding hydrogens is 262 g/mol. The fraction of sp³-hybridized carbons (Fsp3) is 0.769. The average Bonchev–Trinajstić information content (AvgIpc) is 2.35. The second-order valence-electron chi connectivity index (χ2n) is 4.93. The first-order valence-corrected chi connectivity index (χ1v) is 6.76. The first-order valence-electron chi connectivity index (χ1n) is 6.76. The van der Waals surface area contributed by atoms with Crippen LogP contribution in [0.25, 0.3) is 0 Å². The van der Waals surface area contributed by atoms with Crippen molar-refractivity contribution in [1.82, 2.24) is 15.1 Å². The quantitative estimate of drug-likeness (QED) is 0.717. The van der Waals surface area contributed by atoms with E-state index < -0.39 is 18.0 Å². The molecule has 0 radical (unpaired) electrons. The highest BCUT2D eigenvalue weighted by molar-refractivity contribution is 5.86. The zero-order valence-corrected chi connectivity index (χ0v) is 12.8. The van der Waals surface area contributed by atoms with Crippen LogP contribution in [0.2, 0.25) is 0 Å². The Kier molecular flexibility index (Phi) is 7.64. The van der Waals surface area contributed by atoms with Crippen molar-refractivity contribution >= 4 is 17.9 Å². The molecule has 1 atom stereocenters. The van der Waals surface area contributed by atoms with E-state index in [1.165, 1.54) is 11.9 Å². The van der Waals surface area contributed by atoms with E-state index in [-0.39, 0.29) is 18.4 Å². The Morgan fingerprint density at radius 3 is 2.00 bits per heavy atom. The van der Waals surface area contributed by atoms with E-state index in [9.17, 15) is 14.4 Å². The molecule has 116 valence electrons. The number of carboxylic acids is 1. The molecule has 7 nitrogen and oxygen atoms in total. The summed E-state index contributed by atoms with van der Waals surface area (Å²) in [6.07, 6.45) is 0. The summed E-state index contributed by atoms with van der Waals surface area (Å²) < 4.78 is 0. The van der Waals surface area contributed by atoms with Crippen LogP contribution in [0.4, 0.5) is 4.79 Å². The smallest absolute Gasteiger partial charge is 0.326 e. The number of rotatable bonds is 7. The molecule has 0 aliphatic heterocycles. The van der Waals surface area contributed by atoms with Gasteiger partial charge in [-0.15, -0.1) is 0 Å². The number of carbonyl (C=O) groups is 3. The zero-order chi connectivity index (χ0) is 15.9. The number of likely N-dealkylation sites (N-methyl/N-ethyl adjacent to an activating group) is 2. The van der Waals surface area contributed by atoms with Crippen LogP contribution in [0.15, 0.2) is 0 Å². The largest absolute Gasteiger partial charge is 0.480 e. The summed E-state index contributed by atoms with van der Waals surface area (Å²) in [7, 11) is 1.47. The molecule has 0 aliphatic rings. The maximum absolute atomic E-state index is 11.9. The number of carbonyl (C=O) groups excluding carboxylic acids is 2. The van der Waals surface area contributed by atoms with Gasteiger partial charge in [0.25, 0.3) is 0 Å². The number of nitrogens with one attached hydrogen (secondary N) is 1. The lowest BCUT2D eigenvalue weighted by atomic mass is 10.1. The van der Waals surface area contributed by atoms with Gasteiger partial charge in [-0.25, -0.2) is 9.59 Å². The molecule has 0 unspecified atom stereocenters. The molecule has 0 rings (SSSR count). The highest BCUT2D eigenvalue weighted by Crippen LogP contribution is 2.03. The molecule has 3 amide bonds. The summed E-state index contributed by atoms with van der Waals surface area (Å²) in [5, 5.41) is 11.4. The van der Waals surface area contributed by atoms with Gasteiger partial charge >= 0.3 is 12.0 Å². The second-order valence-corrected chi connectivity index (χ2v) is 4.93. The first-order chi connectivity index (χ1) is 9.24. The predicted octanol–water partition coefficient (Wildman–Crippen LogP) is 0.605. The van der Waals surface area contributed by atoms with Gasteiger partial charge in [0.05, 0.1) is 0 Å². The third-order valence-electron chi connectivity index (χ3n) is 3.05. The molecule has 0 spiro atoms. The Balaban J connectivity index is 4.55. The number of urea groups is 1. The van der Waals surface area contributed by atoms with E-state index in [0.717, 1.165) is 0 Å². The van der Waals surface area contributed by atoms with Gasteiger partial charge in [0.2, 0.25) is 5.91 Å². The van der Waals surface area contributed by atoms with Crippen molar-refractivity contribution in [3.8, 4) is 0 Å². The summed E-state index contributed by atoms with van der Waals surface area (Å²) in [5.74, 6) is -1.48. The van der Waals surface area contributed by atoms with E-state index in [1.54, 1.807) is 18.7 Å². The van der Waals surface area contributed by atoms with E-state index in [0.29, 0.717) is 13.1 Å². The lowest BCUT2D eigenvalue weighted by Gasteiger charge is -2.25. The maximum Gasteiger partial charge on any atom is 0.326 e. The molecular formula is C13H25N3O4. The van der Waals surface area contributed by atoms with Crippen molar-refractivity contribution in [2.24, 2.45) is 5.92 Å². The number of aliphatic carboxylic acids is 1. The lowest BCUT2D eigenvalue weighted by Crippen LogP contribution is -2.51. The van der Waals surface area contributed by atoms with Crippen molar-refractivity contribution in [1.29, 1.82) is 0 Å². The van der Waals surface area contributed by atoms with Gasteiger partial charge in [0.1, 0.15) is 12.6 Å². The van der Waals surface area contributed by atoms with Gasteiger partial charge in [0, 0.05) is 20.1 Å². The van der Waals surface area contributed by atoms with Crippen LogP contribution in [0.1, 0.15) is 27.7 Å². The Morgan fingerprint density at radius 1 is 1.15 bits per heavy atom.